The first-order valence-electron chi connectivity index (χ1n) is 8.46. The summed E-state index contributed by atoms with van der Waals surface area (Å²) in [7, 11) is -7.88. The first kappa shape index (κ1) is 21.2. The average molecular weight is 449 g/mol. The lowest BCUT2D eigenvalue weighted by Crippen LogP contribution is -2.10. The number of halogens is 1. The fourth-order valence-corrected chi connectivity index (χ4v) is 4.67. The van der Waals surface area contributed by atoms with E-state index in [0.717, 1.165) is 11.1 Å². The van der Waals surface area contributed by atoms with Gasteiger partial charge in [0.15, 0.2) is 0 Å². The van der Waals surface area contributed by atoms with Crippen LogP contribution in [0.1, 0.15) is 11.1 Å². The molecule has 29 heavy (non-hydrogen) atoms. The Labute approximate surface area is 175 Å². The van der Waals surface area contributed by atoms with Gasteiger partial charge in [-0.2, -0.15) is 25.6 Å². The quantitative estimate of drug-likeness (QED) is 0.661. The molecule has 0 N–H and O–H groups in total. The van der Waals surface area contributed by atoms with E-state index >= 15 is 0 Å². The van der Waals surface area contributed by atoms with Crippen molar-refractivity contribution in [3.8, 4) is 0 Å². The van der Waals surface area contributed by atoms with Gasteiger partial charge in [0.25, 0.3) is 20.0 Å². The van der Waals surface area contributed by atoms with Crippen molar-refractivity contribution in [2.75, 3.05) is 0 Å². The third kappa shape index (κ3) is 5.09. The van der Waals surface area contributed by atoms with Crippen molar-refractivity contribution < 1.29 is 16.8 Å². The Morgan fingerprint density at radius 2 is 1.14 bits per heavy atom. The molecule has 0 saturated heterocycles. The standard InChI is InChI=1S/C20H17ClN2O4S2/c1-14-3-8-17(9-4-14)28(24,25)22-16-7-12-20(19(21)13-16)23-29(26,27)18-10-5-15(2)6-11-18/h3-13H,1-2H3/b22-16+,23-20+. The van der Waals surface area contributed by atoms with Crippen molar-refractivity contribution in [3.05, 3.63) is 82.9 Å². The lowest BCUT2D eigenvalue weighted by molar-refractivity contribution is 0.596. The van der Waals surface area contributed by atoms with Crippen LogP contribution in [-0.4, -0.2) is 28.3 Å². The van der Waals surface area contributed by atoms with Gasteiger partial charge in [-0.25, -0.2) is 0 Å². The molecule has 3 rings (SSSR count). The lowest BCUT2D eigenvalue weighted by atomic mass is 10.1. The van der Waals surface area contributed by atoms with Gasteiger partial charge in [0.1, 0.15) is 0 Å². The zero-order valence-electron chi connectivity index (χ0n) is 15.6. The highest BCUT2D eigenvalue weighted by molar-refractivity contribution is 7.90. The van der Waals surface area contributed by atoms with Crippen LogP contribution in [0.4, 0.5) is 0 Å². The summed E-state index contributed by atoms with van der Waals surface area (Å²) in [6, 6.07) is 12.5. The van der Waals surface area contributed by atoms with E-state index in [9.17, 15) is 16.8 Å². The van der Waals surface area contributed by atoms with Crippen LogP contribution in [0, 0.1) is 13.8 Å². The molecule has 0 saturated carbocycles. The number of hydrogen-bond acceptors (Lipinski definition) is 4. The Morgan fingerprint density at radius 1 is 0.690 bits per heavy atom. The molecule has 0 aromatic heterocycles. The van der Waals surface area contributed by atoms with Gasteiger partial charge in [-0.15, -0.1) is 0 Å². The van der Waals surface area contributed by atoms with E-state index in [1.807, 2.05) is 13.8 Å². The molecule has 2 aromatic rings. The molecular formula is C20H17ClN2O4S2. The zero-order valence-corrected chi connectivity index (χ0v) is 18.0. The SMILES string of the molecule is Cc1ccc(S(=O)(=O)/N=C2C=C/C(=N\S(=O)(=O)c3ccc(C)cc3)C(Cl)=C\2)cc1. The number of allylic oxidation sites excluding steroid dienone is 4. The van der Waals surface area contributed by atoms with Crippen LogP contribution < -0.4 is 0 Å². The van der Waals surface area contributed by atoms with Gasteiger partial charge in [0.2, 0.25) is 0 Å². The summed E-state index contributed by atoms with van der Waals surface area (Å²) in [6.07, 6.45) is 3.93. The largest absolute Gasteiger partial charge is 0.282 e. The van der Waals surface area contributed by atoms with Crippen molar-refractivity contribution in [1.29, 1.82) is 0 Å². The predicted octanol–water partition coefficient (Wildman–Crippen LogP) is 3.96. The summed E-state index contributed by atoms with van der Waals surface area (Å²) < 4.78 is 57.2. The summed E-state index contributed by atoms with van der Waals surface area (Å²) in [5, 5.41) is -0.0268. The highest BCUT2D eigenvalue weighted by atomic mass is 35.5. The maximum absolute atomic E-state index is 12.4. The van der Waals surface area contributed by atoms with Crippen LogP contribution in [0.5, 0.6) is 0 Å². The van der Waals surface area contributed by atoms with Gasteiger partial charge in [-0.05, 0) is 56.3 Å². The minimum absolute atomic E-state index is 0.000995. The molecule has 9 heteroatoms. The Bertz CT molecular complexity index is 1270. The molecule has 150 valence electrons. The Hall–Kier alpha value is -2.55. The van der Waals surface area contributed by atoms with Gasteiger partial charge >= 0.3 is 0 Å². The van der Waals surface area contributed by atoms with E-state index in [1.54, 1.807) is 24.3 Å². The second kappa shape index (κ2) is 8.06. The second-order valence-electron chi connectivity index (χ2n) is 6.39. The Balaban J connectivity index is 1.90. The minimum atomic E-state index is -3.96. The van der Waals surface area contributed by atoms with Crippen LogP contribution in [0.25, 0.3) is 0 Å². The number of rotatable bonds is 4. The van der Waals surface area contributed by atoms with Crippen LogP contribution >= 0.6 is 11.6 Å². The van der Waals surface area contributed by atoms with E-state index in [-0.39, 0.29) is 26.2 Å². The zero-order chi connectivity index (χ0) is 21.2. The molecule has 0 aliphatic heterocycles. The topological polar surface area (TPSA) is 93.0 Å². The number of hydrogen-bond donors (Lipinski definition) is 0. The highest BCUT2D eigenvalue weighted by Crippen LogP contribution is 2.20. The average Bonchev–Trinajstić information content (AvgIpc) is 2.64. The van der Waals surface area contributed by atoms with Crippen LogP contribution in [-0.2, 0) is 20.0 Å². The molecule has 0 unspecified atom stereocenters. The highest BCUT2D eigenvalue weighted by Gasteiger charge is 2.18. The van der Waals surface area contributed by atoms with Crippen LogP contribution in [0.3, 0.4) is 0 Å². The van der Waals surface area contributed by atoms with Crippen molar-refractivity contribution >= 4 is 43.1 Å². The molecule has 2 aromatic carbocycles. The van der Waals surface area contributed by atoms with Gasteiger partial charge in [0.05, 0.1) is 26.2 Å². The number of aryl methyl sites for hydroxylation is 2. The molecule has 1 aliphatic carbocycles. The molecular weight excluding hydrogens is 432 g/mol. The van der Waals surface area contributed by atoms with E-state index < -0.39 is 20.0 Å². The summed E-state index contributed by atoms with van der Waals surface area (Å²) in [6.45, 7) is 3.69. The minimum Gasteiger partial charge on any atom is -0.199 e. The van der Waals surface area contributed by atoms with E-state index in [0.29, 0.717) is 0 Å². The third-order valence-electron chi connectivity index (χ3n) is 4.01. The molecule has 1 aliphatic rings. The molecule has 0 amide bonds. The van der Waals surface area contributed by atoms with Gasteiger partial charge < -0.3 is 0 Å². The summed E-state index contributed by atoms with van der Waals surface area (Å²) in [5.74, 6) is 0. The number of sulfonamides is 2. The smallest absolute Gasteiger partial charge is 0.199 e. The van der Waals surface area contributed by atoms with Crippen molar-refractivity contribution in [2.24, 2.45) is 8.80 Å². The molecule has 0 atom stereocenters. The fraction of sp³-hybridized carbons (Fsp3) is 0.100. The predicted molar refractivity (Wildman–Crippen MR) is 115 cm³/mol. The second-order valence-corrected chi connectivity index (χ2v) is 10.0. The van der Waals surface area contributed by atoms with Crippen molar-refractivity contribution in [2.45, 2.75) is 23.6 Å². The number of benzene rings is 2. The lowest BCUT2D eigenvalue weighted by Gasteiger charge is -2.08. The molecule has 0 heterocycles. The summed E-state index contributed by atoms with van der Waals surface area (Å²) in [5.41, 5.74) is 1.91. The maximum Gasteiger partial charge on any atom is 0.282 e. The Kier molecular flexibility index (Phi) is 5.88. The van der Waals surface area contributed by atoms with Crippen LogP contribution in [0.2, 0.25) is 0 Å². The van der Waals surface area contributed by atoms with Crippen LogP contribution in [0.15, 0.2) is 90.4 Å². The fourth-order valence-electron chi connectivity index (χ4n) is 2.42. The van der Waals surface area contributed by atoms with Crippen molar-refractivity contribution in [3.63, 3.8) is 0 Å². The first-order valence-corrected chi connectivity index (χ1v) is 11.7. The first-order chi connectivity index (χ1) is 13.6. The molecule has 0 spiro atoms. The molecule has 0 radical (unpaired) electrons. The molecule has 0 fully saturated rings. The molecule has 0 bridgehead atoms. The van der Waals surface area contributed by atoms with E-state index in [1.165, 1.54) is 42.5 Å². The van der Waals surface area contributed by atoms with Gasteiger partial charge in [0, 0.05) is 0 Å². The Morgan fingerprint density at radius 3 is 1.59 bits per heavy atom. The third-order valence-corrected chi connectivity index (χ3v) is 6.94. The summed E-state index contributed by atoms with van der Waals surface area (Å²) in [4.78, 5) is 0.0878. The molecule has 6 nitrogen and oxygen atoms in total. The van der Waals surface area contributed by atoms with E-state index in [2.05, 4.69) is 8.80 Å². The maximum atomic E-state index is 12.4. The number of nitrogens with zero attached hydrogens (tertiary/aromatic N) is 2. The van der Waals surface area contributed by atoms with Gasteiger partial charge in [-0.3, -0.25) is 0 Å². The normalized spacial score (nSPS) is 17.6. The van der Waals surface area contributed by atoms with E-state index in [4.69, 9.17) is 11.6 Å². The van der Waals surface area contributed by atoms with Crippen molar-refractivity contribution in [1.82, 2.24) is 0 Å². The monoisotopic (exact) mass is 448 g/mol. The van der Waals surface area contributed by atoms with Gasteiger partial charge in [-0.1, -0.05) is 47.0 Å². The summed E-state index contributed by atoms with van der Waals surface area (Å²) >= 11 is 6.13.